The number of halogens is 1. The fourth-order valence-electron chi connectivity index (χ4n) is 3.79. The highest BCUT2D eigenvalue weighted by Crippen LogP contribution is 2.34. The Morgan fingerprint density at radius 2 is 2.29 bits per heavy atom. The molecule has 1 atom stereocenters. The molecule has 4 rings (SSSR count). The topological polar surface area (TPSA) is 86.8 Å². The molecule has 1 saturated heterocycles. The second kappa shape index (κ2) is 7.39. The van der Waals surface area contributed by atoms with Gasteiger partial charge < -0.3 is 15.2 Å². The predicted octanol–water partition coefficient (Wildman–Crippen LogP) is 3.56. The lowest BCUT2D eigenvalue weighted by Gasteiger charge is -2.34. The molecule has 0 unspecified atom stereocenters. The largest absolute Gasteiger partial charge is 0.354 e. The fourth-order valence-corrected chi connectivity index (χ4v) is 3.95. The lowest BCUT2D eigenvalue weighted by molar-refractivity contribution is -0.125. The van der Waals surface area contributed by atoms with Crippen molar-refractivity contribution >= 4 is 34.4 Å². The summed E-state index contributed by atoms with van der Waals surface area (Å²) in [5, 5.41) is 4.46. The van der Waals surface area contributed by atoms with Crippen LogP contribution in [0.1, 0.15) is 33.1 Å². The van der Waals surface area contributed by atoms with Gasteiger partial charge in [-0.25, -0.2) is 15.0 Å². The number of rotatable bonds is 5. The summed E-state index contributed by atoms with van der Waals surface area (Å²) >= 11 is 6.11. The van der Waals surface area contributed by atoms with Crippen molar-refractivity contribution in [3.05, 3.63) is 35.7 Å². The molecular formula is C20H23ClN6O. The number of aromatic nitrogens is 4. The lowest BCUT2D eigenvalue weighted by atomic mass is 9.97. The van der Waals surface area contributed by atoms with Crippen LogP contribution in [0.15, 0.2) is 30.7 Å². The summed E-state index contributed by atoms with van der Waals surface area (Å²) in [6.45, 7) is 5.50. The van der Waals surface area contributed by atoms with Gasteiger partial charge >= 0.3 is 0 Å². The molecule has 0 saturated carbocycles. The third kappa shape index (κ3) is 3.20. The van der Waals surface area contributed by atoms with E-state index in [-0.39, 0.29) is 5.91 Å². The van der Waals surface area contributed by atoms with E-state index in [2.05, 4.69) is 25.2 Å². The summed E-state index contributed by atoms with van der Waals surface area (Å²) in [6.07, 6.45) is 7.83. The Morgan fingerprint density at radius 3 is 3.11 bits per heavy atom. The van der Waals surface area contributed by atoms with Gasteiger partial charge in [-0.15, -0.1) is 0 Å². The number of fused-ring (bicyclic) bond motifs is 1. The molecule has 1 fully saturated rings. The number of hydrogen-bond acceptors (Lipinski definition) is 5. The first-order chi connectivity index (χ1) is 13.5. The summed E-state index contributed by atoms with van der Waals surface area (Å²) in [5.41, 5.74) is 0.966. The quantitative estimate of drug-likeness (QED) is 0.686. The van der Waals surface area contributed by atoms with Gasteiger partial charge in [0.2, 0.25) is 5.91 Å². The number of hydrogen-bond donors (Lipinski definition) is 2. The SMILES string of the molecule is CCCNC(=O)[C@@]1(C)CCCN1c1ccnc(-c2c[nH]c3ncc(Cl)cc23)n1. The second-order valence-electron chi connectivity index (χ2n) is 7.28. The number of carbonyl (C=O) groups is 1. The van der Waals surface area contributed by atoms with Crippen LogP contribution in [0.25, 0.3) is 22.4 Å². The number of H-pyrrole nitrogens is 1. The second-order valence-corrected chi connectivity index (χ2v) is 7.71. The van der Waals surface area contributed by atoms with Gasteiger partial charge in [-0.05, 0) is 38.3 Å². The molecule has 2 N–H and O–H groups in total. The fraction of sp³-hybridized carbons (Fsp3) is 0.400. The zero-order valence-corrected chi connectivity index (χ0v) is 16.8. The minimum atomic E-state index is -0.605. The molecule has 1 amide bonds. The highest BCUT2D eigenvalue weighted by atomic mass is 35.5. The maximum Gasteiger partial charge on any atom is 0.245 e. The maximum absolute atomic E-state index is 12.8. The van der Waals surface area contributed by atoms with Crippen molar-refractivity contribution in [2.24, 2.45) is 0 Å². The zero-order valence-electron chi connectivity index (χ0n) is 16.0. The first-order valence-corrected chi connectivity index (χ1v) is 9.92. The molecule has 8 heteroatoms. The molecule has 3 aromatic rings. The number of nitrogens with zero attached hydrogens (tertiary/aromatic N) is 4. The number of carbonyl (C=O) groups excluding carboxylic acids is 1. The first kappa shape index (κ1) is 18.7. The molecule has 4 heterocycles. The summed E-state index contributed by atoms with van der Waals surface area (Å²) in [6, 6.07) is 3.71. The van der Waals surface area contributed by atoms with Crippen molar-refractivity contribution < 1.29 is 4.79 Å². The highest BCUT2D eigenvalue weighted by molar-refractivity contribution is 6.31. The van der Waals surface area contributed by atoms with Crippen LogP contribution in [-0.2, 0) is 4.79 Å². The van der Waals surface area contributed by atoms with E-state index in [1.807, 2.05) is 32.2 Å². The van der Waals surface area contributed by atoms with E-state index < -0.39 is 5.54 Å². The van der Waals surface area contributed by atoms with Crippen LogP contribution in [0.5, 0.6) is 0 Å². The van der Waals surface area contributed by atoms with E-state index in [0.717, 1.165) is 48.2 Å². The van der Waals surface area contributed by atoms with Gasteiger partial charge in [0, 0.05) is 42.6 Å². The minimum Gasteiger partial charge on any atom is -0.354 e. The van der Waals surface area contributed by atoms with Gasteiger partial charge in [0.05, 0.1) is 5.02 Å². The molecule has 1 aliphatic heterocycles. The lowest BCUT2D eigenvalue weighted by Crippen LogP contribution is -2.54. The Kier molecular flexibility index (Phi) is 4.93. The molecule has 146 valence electrons. The van der Waals surface area contributed by atoms with Crippen molar-refractivity contribution in [2.45, 2.75) is 38.6 Å². The van der Waals surface area contributed by atoms with Crippen LogP contribution >= 0.6 is 11.6 Å². The van der Waals surface area contributed by atoms with Crippen molar-refractivity contribution in [3.8, 4) is 11.4 Å². The Morgan fingerprint density at radius 1 is 1.43 bits per heavy atom. The molecule has 0 bridgehead atoms. The standard InChI is InChI=1S/C20H23ClN6O/c1-3-7-23-19(28)20(2)6-4-9-27(20)16-5-8-22-18(26-16)15-12-25-17-14(15)10-13(21)11-24-17/h5,8,10-12H,3-4,6-7,9H2,1-2H3,(H,23,28)(H,24,25)/t20-/m1/s1. The predicted molar refractivity (Wildman–Crippen MR) is 110 cm³/mol. The van der Waals surface area contributed by atoms with Crippen LogP contribution < -0.4 is 10.2 Å². The van der Waals surface area contributed by atoms with E-state index >= 15 is 0 Å². The number of aromatic amines is 1. The Labute approximate surface area is 168 Å². The molecule has 0 aliphatic carbocycles. The summed E-state index contributed by atoms with van der Waals surface area (Å²) in [4.78, 5) is 31.6. The molecule has 7 nitrogen and oxygen atoms in total. The number of nitrogens with one attached hydrogen (secondary N) is 2. The average Bonchev–Trinajstić information content (AvgIpc) is 3.30. The van der Waals surface area contributed by atoms with Crippen LogP contribution in [0, 0.1) is 0 Å². The first-order valence-electron chi connectivity index (χ1n) is 9.55. The molecule has 0 aromatic carbocycles. The number of pyridine rings is 1. The van der Waals surface area contributed by atoms with Gasteiger partial charge in [0.25, 0.3) is 0 Å². The molecule has 3 aromatic heterocycles. The Balaban J connectivity index is 1.70. The highest BCUT2D eigenvalue weighted by Gasteiger charge is 2.43. The van der Waals surface area contributed by atoms with Gasteiger partial charge in [-0.3, -0.25) is 4.79 Å². The van der Waals surface area contributed by atoms with Crippen molar-refractivity contribution in [1.82, 2.24) is 25.3 Å². The van der Waals surface area contributed by atoms with Gasteiger partial charge in [0.1, 0.15) is 17.0 Å². The number of anilines is 1. The van der Waals surface area contributed by atoms with Crippen molar-refractivity contribution in [2.75, 3.05) is 18.0 Å². The third-order valence-corrected chi connectivity index (χ3v) is 5.53. The third-order valence-electron chi connectivity index (χ3n) is 5.32. The van der Waals surface area contributed by atoms with E-state index in [0.29, 0.717) is 17.4 Å². The van der Waals surface area contributed by atoms with Crippen LogP contribution in [0.2, 0.25) is 5.02 Å². The zero-order chi connectivity index (χ0) is 19.7. The number of amides is 1. The van der Waals surface area contributed by atoms with Gasteiger partial charge in [-0.2, -0.15) is 0 Å². The molecular weight excluding hydrogens is 376 g/mol. The van der Waals surface area contributed by atoms with Crippen LogP contribution in [0.3, 0.4) is 0 Å². The van der Waals surface area contributed by atoms with Gasteiger partial charge in [0.15, 0.2) is 5.82 Å². The molecule has 1 aliphatic rings. The van der Waals surface area contributed by atoms with E-state index in [1.165, 1.54) is 0 Å². The minimum absolute atomic E-state index is 0.0510. The molecule has 0 radical (unpaired) electrons. The maximum atomic E-state index is 12.8. The van der Waals surface area contributed by atoms with Crippen LogP contribution in [0.4, 0.5) is 5.82 Å². The van der Waals surface area contributed by atoms with E-state index in [9.17, 15) is 4.79 Å². The molecule has 0 spiro atoms. The van der Waals surface area contributed by atoms with Gasteiger partial charge in [-0.1, -0.05) is 18.5 Å². The average molecular weight is 399 g/mol. The smallest absolute Gasteiger partial charge is 0.245 e. The van der Waals surface area contributed by atoms with Crippen LogP contribution in [-0.4, -0.2) is 44.5 Å². The normalized spacial score (nSPS) is 19.3. The van der Waals surface area contributed by atoms with Crippen molar-refractivity contribution in [3.63, 3.8) is 0 Å². The Bertz CT molecular complexity index is 1020. The summed E-state index contributed by atoms with van der Waals surface area (Å²) in [7, 11) is 0. The van der Waals surface area contributed by atoms with E-state index in [4.69, 9.17) is 16.6 Å². The monoisotopic (exact) mass is 398 g/mol. The van der Waals surface area contributed by atoms with Crippen molar-refractivity contribution in [1.29, 1.82) is 0 Å². The molecule has 28 heavy (non-hydrogen) atoms. The summed E-state index contributed by atoms with van der Waals surface area (Å²) < 4.78 is 0. The van der Waals surface area contributed by atoms with E-state index in [1.54, 1.807) is 12.4 Å². The summed E-state index contributed by atoms with van der Waals surface area (Å²) in [5.74, 6) is 1.38. The Hall–Kier alpha value is -2.67.